The third kappa shape index (κ3) is 6.45. The fourth-order valence-electron chi connectivity index (χ4n) is 5.02. The van der Waals surface area contributed by atoms with Crippen LogP contribution in [0.3, 0.4) is 0 Å². The van der Waals surface area contributed by atoms with Crippen LogP contribution in [0.4, 0.5) is 0 Å². The van der Waals surface area contributed by atoms with Gasteiger partial charge in [-0.15, -0.1) is 0 Å². The van der Waals surface area contributed by atoms with Crippen molar-refractivity contribution in [3.05, 3.63) is 94.5 Å². The molecule has 0 aromatic heterocycles. The molecule has 0 fully saturated rings. The Morgan fingerprint density at radius 3 is 2.50 bits per heavy atom. The Balaban J connectivity index is 1.63. The fraction of sp³-hybridized carbons (Fsp3) is 0.387. The van der Waals surface area contributed by atoms with Crippen molar-refractivity contribution in [3.8, 4) is 5.75 Å². The Labute approximate surface area is 226 Å². The second-order valence-electron chi connectivity index (χ2n) is 10.0. The number of hydrogen-bond acceptors (Lipinski definition) is 5. The van der Waals surface area contributed by atoms with Gasteiger partial charge in [0, 0.05) is 6.54 Å². The number of sulfonamides is 1. The average molecular weight is 536 g/mol. The van der Waals surface area contributed by atoms with E-state index < -0.39 is 10.0 Å². The SMILES string of the molecule is CCOC(=O)CC(CCc1ccccc1C)c1ccc(C)c(CN2C[C@@H](C)Oc3ccccc3S2(=O)=O)c1. The third-order valence-electron chi connectivity index (χ3n) is 7.19. The third-order valence-corrected chi connectivity index (χ3v) is 9.04. The molecule has 0 aliphatic carbocycles. The number of ether oxygens (including phenoxy) is 2. The molecule has 0 bridgehead atoms. The standard InChI is InChI=1S/C31H37NO5S/c1-5-36-31(33)19-27(17-16-25-11-7-6-10-22(25)2)26-15-14-23(3)28(18-26)21-32-20-24(4)37-29-12-8-9-13-30(29)38(32,34)35/h6-15,18,24,27H,5,16-17,19-21H2,1-4H3/t24-,27?/m1/s1. The minimum absolute atomic E-state index is 0.0447. The van der Waals surface area contributed by atoms with E-state index in [9.17, 15) is 13.2 Å². The predicted octanol–water partition coefficient (Wildman–Crippen LogP) is 5.94. The first-order chi connectivity index (χ1) is 18.2. The molecule has 1 aliphatic rings. The van der Waals surface area contributed by atoms with E-state index in [0.29, 0.717) is 12.4 Å². The number of para-hydroxylation sites is 1. The summed E-state index contributed by atoms with van der Waals surface area (Å²) in [5, 5.41) is 0. The van der Waals surface area contributed by atoms with Gasteiger partial charge in [0.05, 0.1) is 19.6 Å². The maximum Gasteiger partial charge on any atom is 0.306 e. The molecule has 0 N–H and O–H groups in total. The number of aryl methyl sites for hydroxylation is 3. The van der Waals surface area contributed by atoms with Gasteiger partial charge < -0.3 is 9.47 Å². The number of hydrogen-bond donors (Lipinski definition) is 0. The zero-order valence-corrected chi connectivity index (χ0v) is 23.5. The van der Waals surface area contributed by atoms with Crippen molar-refractivity contribution in [3.63, 3.8) is 0 Å². The Morgan fingerprint density at radius 2 is 1.74 bits per heavy atom. The summed E-state index contributed by atoms with van der Waals surface area (Å²) in [7, 11) is -3.74. The Kier molecular flexibility index (Phi) is 8.90. The molecule has 0 amide bonds. The normalized spacial score (nSPS) is 17.6. The molecule has 4 rings (SSSR count). The highest BCUT2D eigenvalue weighted by molar-refractivity contribution is 7.89. The van der Waals surface area contributed by atoms with Gasteiger partial charge in [-0.25, -0.2) is 8.42 Å². The summed E-state index contributed by atoms with van der Waals surface area (Å²) in [4.78, 5) is 12.7. The van der Waals surface area contributed by atoms with Crippen LogP contribution in [0.1, 0.15) is 60.4 Å². The predicted molar refractivity (Wildman–Crippen MR) is 149 cm³/mol. The number of nitrogens with zero attached hydrogens (tertiary/aromatic N) is 1. The summed E-state index contributed by atoms with van der Waals surface area (Å²) in [5.41, 5.74) is 5.43. The molecule has 2 atom stereocenters. The summed E-state index contributed by atoms with van der Waals surface area (Å²) in [5.74, 6) is 0.123. The zero-order chi connectivity index (χ0) is 27.3. The highest BCUT2D eigenvalue weighted by Gasteiger charge is 2.33. The molecule has 0 saturated heterocycles. The van der Waals surface area contributed by atoms with Gasteiger partial charge in [-0.1, -0.05) is 54.6 Å². The van der Waals surface area contributed by atoms with Crippen LogP contribution in [-0.2, 0) is 32.5 Å². The number of carbonyl (C=O) groups excluding carboxylic acids is 1. The lowest BCUT2D eigenvalue weighted by Gasteiger charge is -2.24. The second-order valence-corrected chi connectivity index (χ2v) is 11.9. The smallest absolute Gasteiger partial charge is 0.306 e. The van der Waals surface area contributed by atoms with Crippen molar-refractivity contribution in [2.24, 2.45) is 0 Å². The van der Waals surface area contributed by atoms with Crippen molar-refractivity contribution >= 4 is 16.0 Å². The van der Waals surface area contributed by atoms with E-state index >= 15 is 0 Å². The maximum absolute atomic E-state index is 13.6. The lowest BCUT2D eigenvalue weighted by molar-refractivity contribution is -0.143. The van der Waals surface area contributed by atoms with Gasteiger partial charge in [-0.2, -0.15) is 4.31 Å². The molecule has 3 aromatic rings. The lowest BCUT2D eigenvalue weighted by Crippen LogP contribution is -2.35. The summed E-state index contributed by atoms with van der Waals surface area (Å²) in [6.45, 7) is 8.62. The van der Waals surface area contributed by atoms with Crippen LogP contribution in [0.2, 0.25) is 0 Å². The van der Waals surface area contributed by atoms with E-state index in [1.807, 2.05) is 39.0 Å². The number of carbonyl (C=O) groups is 1. The van der Waals surface area contributed by atoms with Crippen molar-refractivity contribution in [1.82, 2.24) is 4.31 Å². The lowest BCUT2D eigenvalue weighted by atomic mass is 9.87. The summed E-state index contributed by atoms with van der Waals surface area (Å²) in [6.07, 6.45) is 1.61. The van der Waals surface area contributed by atoms with Gasteiger partial charge in [0.25, 0.3) is 0 Å². The number of benzene rings is 3. The average Bonchev–Trinajstić information content (AvgIpc) is 2.97. The van der Waals surface area contributed by atoms with Crippen LogP contribution in [0.15, 0.2) is 71.6 Å². The highest BCUT2D eigenvalue weighted by atomic mass is 32.2. The molecule has 1 unspecified atom stereocenters. The topological polar surface area (TPSA) is 72.9 Å². The molecule has 3 aromatic carbocycles. The highest BCUT2D eigenvalue weighted by Crippen LogP contribution is 2.33. The van der Waals surface area contributed by atoms with E-state index in [4.69, 9.17) is 9.47 Å². The van der Waals surface area contributed by atoms with Crippen molar-refractivity contribution < 1.29 is 22.7 Å². The summed E-state index contributed by atoms with van der Waals surface area (Å²) < 4.78 is 39.9. The second kappa shape index (κ2) is 12.1. The minimum Gasteiger partial charge on any atom is -0.488 e. The van der Waals surface area contributed by atoms with Gasteiger partial charge in [0.2, 0.25) is 10.0 Å². The van der Waals surface area contributed by atoms with Crippen molar-refractivity contribution in [2.75, 3.05) is 13.2 Å². The quantitative estimate of drug-likeness (QED) is 0.317. The molecule has 6 nitrogen and oxygen atoms in total. The maximum atomic E-state index is 13.6. The number of fused-ring (bicyclic) bond motifs is 1. The van der Waals surface area contributed by atoms with Gasteiger partial charge in [-0.05, 0) is 86.4 Å². The molecule has 1 aliphatic heterocycles. The molecule has 0 saturated carbocycles. The summed E-state index contributed by atoms with van der Waals surface area (Å²) in [6, 6.07) is 21.2. The molecule has 7 heteroatoms. The Hall–Kier alpha value is -3.16. The summed E-state index contributed by atoms with van der Waals surface area (Å²) >= 11 is 0. The van der Waals surface area contributed by atoms with Gasteiger partial charge in [-0.3, -0.25) is 4.79 Å². The van der Waals surface area contributed by atoms with Crippen LogP contribution in [-0.4, -0.2) is 37.9 Å². The van der Waals surface area contributed by atoms with Gasteiger partial charge in [0.15, 0.2) is 0 Å². The Morgan fingerprint density at radius 1 is 1.03 bits per heavy atom. The van der Waals surface area contributed by atoms with Crippen molar-refractivity contribution in [2.45, 2.75) is 70.4 Å². The molecular weight excluding hydrogens is 498 g/mol. The zero-order valence-electron chi connectivity index (χ0n) is 22.6. The molecule has 0 spiro atoms. The van der Waals surface area contributed by atoms with E-state index in [-0.39, 0.29) is 42.4 Å². The van der Waals surface area contributed by atoms with Crippen LogP contribution in [0.25, 0.3) is 0 Å². The Bertz CT molecular complexity index is 1380. The monoisotopic (exact) mass is 535 g/mol. The molecule has 1 heterocycles. The minimum atomic E-state index is -3.74. The number of rotatable bonds is 9. The van der Waals surface area contributed by atoms with Crippen LogP contribution < -0.4 is 4.74 Å². The largest absolute Gasteiger partial charge is 0.488 e. The van der Waals surface area contributed by atoms with Crippen molar-refractivity contribution in [1.29, 1.82) is 0 Å². The van der Waals surface area contributed by atoms with Crippen LogP contribution in [0, 0.1) is 13.8 Å². The van der Waals surface area contributed by atoms with Gasteiger partial charge >= 0.3 is 5.97 Å². The van der Waals surface area contributed by atoms with E-state index in [2.05, 4.69) is 31.2 Å². The van der Waals surface area contributed by atoms with E-state index in [1.54, 1.807) is 24.3 Å². The number of esters is 1. The van der Waals surface area contributed by atoms with Crippen LogP contribution >= 0.6 is 0 Å². The fourth-order valence-corrected chi connectivity index (χ4v) is 6.64. The first kappa shape index (κ1) is 27.9. The molecule has 202 valence electrons. The van der Waals surface area contributed by atoms with Gasteiger partial charge in [0.1, 0.15) is 16.7 Å². The first-order valence-electron chi connectivity index (χ1n) is 13.2. The van der Waals surface area contributed by atoms with Crippen LogP contribution in [0.5, 0.6) is 5.75 Å². The van der Waals surface area contributed by atoms with E-state index in [0.717, 1.165) is 29.5 Å². The first-order valence-corrected chi connectivity index (χ1v) is 14.7. The molecule has 0 radical (unpaired) electrons. The molecule has 38 heavy (non-hydrogen) atoms. The van der Waals surface area contributed by atoms with E-state index in [1.165, 1.54) is 15.4 Å². The molecular formula is C31H37NO5S.